The average molecular weight is 278 g/mol. The van der Waals surface area contributed by atoms with E-state index in [1.54, 1.807) is 24.6 Å². The van der Waals surface area contributed by atoms with E-state index < -0.39 is 0 Å². The number of fused-ring (bicyclic) bond motifs is 1. The highest BCUT2D eigenvalue weighted by atomic mass is 32.1. The molecule has 0 amide bonds. The van der Waals surface area contributed by atoms with Gasteiger partial charge in [-0.05, 0) is 19.8 Å². The Kier molecular flexibility index (Phi) is 3.28. The van der Waals surface area contributed by atoms with Crippen LogP contribution in [0.2, 0.25) is 0 Å². The standard InChI is InChI=1S/C13H18N4OS/c1-8-16-11-12(10(14)6-15-13(11)19-8)17-5-3-4-9(7-17)18-2/h6,9H,3-5,7,14H2,1-2H3. The Balaban J connectivity index is 2.05. The molecule has 0 aliphatic carbocycles. The van der Waals surface area contributed by atoms with Crippen molar-refractivity contribution in [1.82, 2.24) is 9.97 Å². The highest BCUT2D eigenvalue weighted by molar-refractivity contribution is 7.18. The number of anilines is 2. The SMILES string of the molecule is COC1CCCN(c2c(N)cnc3sc(C)nc23)C1. The topological polar surface area (TPSA) is 64.3 Å². The first-order valence-electron chi connectivity index (χ1n) is 6.48. The first-order valence-corrected chi connectivity index (χ1v) is 7.30. The van der Waals surface area contributed by atoms with Gasteiger partial charge in [-0.1, -0.05) is 11.3 Å². The zero-order valence-corrected chi connectivity index (χ0v) is 12.0. The number of nitrogens with zero attached hydrogens (tertiary/aromatic N) is 3. The summed E-state index contributed by atoms with van der Waals surface area (Å²) < 4.78 is 5.48. The predicted octanol–water partition coefficient (Wildman–Crippen LogP) is 2.20. The third kappa shape index (κ3) is 2.26. The van der Waals surface area contributed by atoms with Crippen molar-refractivity contribution in [3.8, 4) is 0 Å². The molecule has 0 radical (unpaired) electrons. The lowest BCUT2D eigenvalue weighted by Gasteiger charge is -2.34. The molecule has 6 heteroatoms. The van der Waals surface area contributed by atoms with Crippen LogP contribution in [-0.2, 0) is 4.74 Å². The van der Waals surface area contributed by atoms with Crippen molar-refractivity contribution in [3.63, 3.8) is 0 Å². The van der Waals surface area contributed by atoms with Gasteiger partial charge in [0.2, 0.25) is 0 Å². The minimum atomic E-state index is 0.274. The molecule has 2 N–H and O–H groups in total. The largest absolute Gasteiger partial charge is 0.396 e. The van der Waals surface area contributed by atoms with Crippen LogP contribution in [0.3, 0.4) is 0 Å². The molecule has 1 aliphatic rings. The summed E-state index contributed by atoms with van der Waals surface area (Å²) in [6.07, 6.45) is 4.24. The summed E-state index contributed by atoms with van der Waals surface area (Å²) in [5.74, 6) is 0. The second-order valence-electron chi connectivity index (χ2n) is 4.89. The number of ether oxygens (including phenoxy) is 1. The highest BCUT2D eigenvalue weighted by Gasteiger charge is 2.24. The molecule has 1 fully saturated rings. The van der Waals surface area contributed by atoms with E-state index in [0.717, 1.165) is 47.0 Å². The van der Waals surface area contributed by atoms with Gasteiger partial charge < -0.3 is 15.4 Å². The lowest BCUT2D eigenvalue weighted by Crippen LogP contribution is -2.39. The third-order valence-electron chi connectivity index (χ3n) is 3.56. The Morgan fingerprint density at radius 1 is 1.53 bits per heavy atom. The predicted molar refractivity (Wildman–Crippen MR) is 78.8 cm³/mol. The van der Waals surface area contributed by atoms with Crippen LogP contribution in [0.5, 0.6) is 0 Å². The summed E-state index contributed by atoms with van der Waals surface area (Å²) >= 11 is 1.61. The molecule has 1 unspecified atom stereocenters. The number of nitrogen functional groups attached to an aromatic ring is 1. The minimum absolute atomic E-state index is 0.274. The molecule has 3 heterocycles. The molecule has 5 nitrogen and oxygen atoms in total. The molecule has 0 spiro atoms. The number of piperidine rings is 1. The number of aryl methyl sites for hydroxylation is 1. The maximum absolute atomic E-state index is 6.13. The molecule has 102 valence electrons. The molecular weight excluding hydrogens is 260 g/mol. The van der Waals surface area contributed by atoms with Crippen LogP contribution in [0, 0.1) is 6.92 Å². The van der Waals surface area contributed by atoms with Crippen molar-refractivity contribution in [2.24, 2.45) is 0 Å². The first-order chi connectivity index (χ1) is 9.19. The van der Waals surface area contributed by atoms with E-state index in [0.29, 0.717) is 5.69 Å². The van der Waals surface area contributed by atoms with Gasteiger partial charge in [0.1, 0.15) is 10.3 Å². The second kappa shape index (κ2) is 4.94. The van der Waals surface area contributed by atoms with Crippen LogP contribution in [-0.4, -0.2) is 36.3 Å². The molecule has 3 rings (SSSR count). The molecule has 0 bridgehead atoms. The lowest BCUT2D eigenvalue weighted by atomic mass is 10.1. The van der Waals surface area contributed by atoms with Crippen LogP contribution < -0.4 is 10.6 Å². The Bertz CT molecular complexity index is 598. The zero-order valence-electron chi connectivity index (χ0n) is 11.2. The van der Waals surface area contributed by atoms with Gasteiger partial charge >= 0.3 is 0 Å². The number of nitrogens with two attached hydrogens (primary N) is 1. The molecule has 1 aliphatic heterocycles. The fourth-order valence-electron chi connectivity index (χ4n) is 2.65. The lowest BCUT2D eigenvalue weighted by molar-refractivity contribution is 0.0894. The normalized spacial score (nSPS) is 20.1. The average Bonchev–Trinajstić information content (AvgIpc) is 2.79. The van der Waals surface area contributed by atoms with Crippen molar-refractivity contribution >= 4 is 33.1 Å². The van der Waals surface area contributed by atoms with E-state index in [1.807, 2.05) is 6.92 Å². The van der Waals surface area contributed by atoms with Gasteiger partial charge in [-0.2, -0.15) is 0 Å². The smallest absolute Gasteiger partial charge is 0.145 e. The van der Waals surface area contributed by atoms with E-state index >= 15 is 0 Å². The van der Waals surface area contributed by atoms with Crippen molar-refractivity contribution in [1.29, 1.82) is 0 Å². The molecule has 1 atom stereocenters. The maximum atomic E-state index is 6.13. The van der Waals surface area contributed by atoms with Crippen molar-refractivity contribution in [3.05, 3.63) is 11.2 Å². The van der Waals surface area contributed by atoms with Crippen molar-refractivity contribution < 1.29 is 4.74 Å². The van der Waals surface area contributed by atoms with Crippen LogP contribution in [0.25, 0.3) is 10.3 Å². The molecule has 2 aromatic rings. The number of hydrogen-bond acceptors (Lipinski definition) is 6. The van der Waals surface area contributed by atoms with Crippen molar-refractivity contribution in [2.45, 2.75) is 25.9 Å². The molecule has 19 heavy (non-hydrogen) atoms. The summed E-state index contributed by atoms with van der Waals surface area (Å²) in [7, 11) is 1.77. The van der Waals surface area contributed by atoms with Crippen LogP contribution >= 0.6 is 11.3 Å². The van der Waals surface area contributed by atoms with E-state index in [4.69, 9.17) is 10.5 Å². The van der Waals surface area contributed by atoms with Gasteiger partial charge in [0, 0.05) is 20.2 Å². The Hall–Kier alpha value is -1.40. The Morgan fingerprint density at radius 3 is 3.16 bits per heavy atom. The van der Waals surface area contributed by atoms with Crippen molar-refractivity contribution in [2.75, 3.05) is 30.8 Å². The summed E-state index contributed by atoms with van der Waals surface area (Å²) in [6, 6.07) is 0. The summed E-state index contributed by atoms with van der Waals surface area (Å²) in [4.78, 5) is 12.2. The summed E-state index contributed by atoms with van der Waals surface area (Å²) in [5, 5.41) is 1.02. The van der Waals surface area contributed by atoms with Crippen LogP contribution in [0.4, 0.5) is 11.4 Å². The van der Waals surface area contributed by atoms with Gasteiger partial charge in [0.15, 0.2) is 0 Å². The number of rotatable bonds is 2. The molecule has 2 aromatic heterocycles. The van der Waals surface area contributed by atoms with Gasteiger partial charge in [-0.3, -0.25) is 0 Å². The van der Waals surface area contributed by atoms with E-state index in [1.165, 1.54) is 0 Å². The molecule has 0 aromatic carbocycles. The molecular formula is C13H18N4OS. The third-order valence-corrected chi connectivity index (χ3v) is 4.44. The minimum Gasteiger partial charge on any atom is -0.396 e. The first kappa shape index (κ1) is 12.6. The van der Waals surface area contributed by atoms with Crippen LogP contribution in [0.15, 0.2) is 6.20 Å². The summed E-state index contributed by atoms with van der Waals surface area (Å²) in [6.45, 7) is 3.87. The fraction of sp³-hybridized carbons (Fsp3) is 0.538. The zero-order chi connectivity index (χ0) is 13.4. The van der Waals surface area contributed by atoms with E-state index in [9.17, 15) is 0 Å². The number of pyridine rings is 1. The second-order valence-corrected chi connectivity index (χ2v) is 6.08. The Morgan fingerprint density at radius 2 is 2.37 bits per heavy atom. The summed E-state index contributed by atoms with van der Waals surface area (Å²) in [5.41, 5.74) is 8.79. The fourth-order valence-corrected chi connectivity index (χ4v) is 3.41. The maximum Gasteiger partial charge on any atom is 0.145 e. The van der Waals surface area contributed by atoms with Gasteiger partial charge in [-0.15, -0.1) is 0 Å². The number of thiazole rings is 1. The number of aromatic nitrogens is 2. The van der Waals surface area contributed by atoms with Crippen LogP contribution in [0.1, 0.15) is 17.8 Å². The van der Waals surface area contributed by atoms with Gasteiger partial charge in [0.25, 0.3) is 0 Å². The number of methoxy groups -OCH3 is 1. The van der Waals surface area contributed by atoms with Gasteiger partial charge in [-0.25, -0.2) is 9.97 Å². The Labute approximate surface area is 116 Å². The highest BCUT2D eigenvalue weighted by Crippen LogP contribution is 2.35. The molecule has 0 saturated carbocycles. The quantitative estimate of drug-likeness (QED) is 0.912. The van der Waals surface area contributed by atoms with Gasteiger partial charge in [0.05, 0.1) is 28.7 Å². The monoisotopic (exact) mass is 278 g/mol. The number of hydrogen-bond donors (Lipinski definition) is 1. The van der Waals surface area contributed by atoms with E-state index in [2.05, 4.69) is 14.9 Å². The molecule has 1 saturated heterocycles. The van der Waals surface area contributed by atoms with E-state index in [-0.39, 0.29) is 6.10 Å².